The van der Waals surface area contributed by atoms with Crippen LogP contribution in [0.3, 0.4) is 0 Å². The molecule has 0 aromatic carbocycles. The number of hydrogen-bond donors (Lipinski definition) is 1. The molecule has 1 N–H and O–H groups in total. The molecule has 0 unspecified atom stereocenters. The number of hydrogen-bond acceptors (Lipinski definition) is 2. The maximum absolute atomic E-state index is 11.5. The van der Waals surface area contributed by atoms with Crippen LogP contribution in [-0.4, -0.2) is 11.8 Å². The number of nitrogens with one attached hydrogen (secondary N) is 1. The Morgan fingerprint density at radius 2 is 1.85 bits per heavy atom. The highest BCUT2D eigenvalue weighted by molar-refractivity contribution is 5.97. The lowest BCUT2D eigenvalue weighted by Gasteiger charge is -2.21. The van der Waals surface area contributed by atoms with Crippen molar-refractivity contribution in [2.75, 3.05) is 0 Å². The zero-order valence-electron chi connectivity index (χ0n) is 8.35. The minimum absolute atomic E-state index is 0.125. The Morgan fingerprint density at radius 1 is 1.15 bits per heavy atom. The predicted molar refractivity (Wildman–Crippen MR) is 50.0 cm³/mol. The first kappa shape index (κ1) is 10.2. The summed E-state index contributed by atoms with van der Waals surface area (Å²) in [5.74, 6) is -0.251. The normalized spacial score (nSPS) is 24.2. The quantitative estimate of drug-likeness (QED) is 0.580. The highest BCUT2D eigenvalue weighted by Crippen LogP contribution is 2.25. The van der Waals surface area contributed by atoms with Crippen molar-refractivity contribution in [3.63, 3.8) is 0 Å². The van der Waals surface area contributed by atoms with Crippen LogP contribution in [-0.2, 0) is 9.59 Å². The van der Waals surface area contributed by atoms with Gasteiger partial charge in [0.15, 0.2) is 0 Å². The van der Waals surface area contributed by atoms with Crippen LogP contribution >= 0.6 is 0 Å². The van der Waals surface area contributed by atoms with Crippen LogP contribution in [0.5, 0.6) is 0 Å². The molecule has 2 amide bonds. The molecule has 1 aliphatic heterocycles. The second-order valence-electron chi connectivity index (χ2n) is 4.32. The molecule has 0 aromatic heterocycles. The summed E-state index contributed by atoms with van der Waals surface area (Å²) in [6, 6.07) is 0. The van der Waals surface area contributed by atoms with Crippen LogP contribution < -0.4 is 5.32 Å². The zero-order valence-corrected chi connectivity index (χ0v) is 8.35. The lowest BCUT2D eigenvalue weighted by molar-refractivity contribution is -0.135. The number of rotatable bonds is 0. The van der Waals surface area contributed by atoms with Gasteiger partial charge in [-0.1, -0.05) is 26.7 Å². The van der Waals surface area contributed by atoms with Gasteiger partial charge >= 0.3 is 0 Å². The van der Waals surface area contributed by atoms with E-state index in [4.69, 9.17) is 0 Å². The molecule has 74 valence electrons. The number of carbonyl (C=O) groups excluding carboxylic acids is 2. The van der Waals surface area contributed by atoms with Gasteiger partial charge in [0.25, 0.3) is 0 Å². The average Bonchev–Trinajstić information content (AvgIpc) is 2.06. The monoisotopic (exact) mass is 183 g/mol. The fourth-order valence-electron chi connectivity index (χ4n) is 1.50. The van der Waals surface area contributed by atoms with Gasteiger partial charge in [0.05, 0.1) is 0 Å². The first-order chi connectivity index (χ1) is 6.02. The van der Waals surface area contributed by atoms with E-state index in [1.54, 1.807) is 0 Å². The molecule has 0 aromatic rings. The first-order valence-corrected chi connectivity index (χ1v) is 4.87. The van der Waals surface area contributed by atoms with Gasteiger partial charge in [-0.2, -0.15) is 0 Å². The van der Waals surface area contributed by atoms with E-state index in [0.29, 0.717) is 6.42 Å². The van der Waals surface area contributed by atoms with Crippen molar-refractivity contribution in [3.05, 3.63) is 0 Å². The average molecular weight is 183 g/mol. The summed E-state index contributed by atoms with van der Waals surface area (Å²) in [7, 11) is 0. The van der Waals surface area contributed by atoms with E-state index in [9.17, 15) is 9.59 Å². The summed E-state index contributed by atoms with van der Waals surface area (Å²) in [6.45, 7) is 3.78. The van der Waals surface area contributed by atoms with Gasteiger partial charge in [-0.15, -0.1) is 0 Å². The Kier molecular flexibility index (Phi) is 3.07. The third kappa shape index (κ3) is 2.83. The lowest BCUT2D eigenvalue weighted by atomic mass is 9.86. The highest BCUT2D eigenvalue weighted by atomic mass is 16.2. The summed E-state index contributed by atoms with van der Waals surface area (Å²) < 4.78 is 0. The number of imide groups is 1. The van der Waals surface area contributed by atoms with E-state index in [-0.39, 0.29) is 17.2 Å². The minimum atomic E-state index is -0.389. The summed E-state index contributed by atoms with van der Waals surface area (Å²) in [4.78, 5) is 22.7. The van der Waals surface area contributed by atoms with Crippen LogP contribution in [0.4, 0.5) is 0 Å². The molecular weight excluding hydrogens is 166 g/mol. The van der Waals surface area contributed by atoms with E-state index in [0.717, 1.165) is 25.7 Å². The van der Waals surface area contributed by atoms with E-state index < -0.39 is 0 Å². The van der Waals surface area contributed by atoms with Crippen LogP contribution in [0.25, 0.3) is 0 Å². The molecule has 0 aliphatic carbocycles. The summed E-state index contributed by atoms with van der Waals surface area (Å²) >= 11 is 0. The van der Waals surface area contributed by atoms with Gasteiger partial charge in [-0.3, -0.25) is 14.9 Å². The van der Waals surface area contributed by atoms with Gasteiger partial charge in [-0.25, -0.2) is 0 Å². The molecule has 0 bridgehead atoms. The van der Waals surface area contributed by atoms with Crippen LogP contribution in [0.15, 0.2) is 0 Å². The van der Waals surface area contributed by atoms with Gasteiger partial charge < -0.3 is 0 Å². The molecule has 3 heteroatoms. The second-order valence-corrected chi connectivity index (χ2v) is 4.32. The third-order valence-corrected chi connectivity index (χ3v) is 2.57. The lowest BCUT2D eigenvalue weighted by Crippen LogP contribution is -2.39. The minimum Gasteiger partial charge on any atom is -0.296 e. The van der Waals surface area contributed by atoms with E-state index in [2.05, 4.69) is 5.32 Å². The molecule has 13 heavy (non-hydrogen) atoms. The van der Waals surface area contributed by atoms with Gasteiger partial charge in [0.1, 0.15) is 0 Å². The largest absolute Gasteiger partial charge is 0.296 e. The molecule has 0 atom stereocenters. The Bertz CT molecular complexity index is 221. The predicted octanol–water partition coefficient (Wildman–Crippen LogP) is 1.62. The van der Waals surface area contributed by atoms with Crippen molar-refractivity contribution in [1.82, 2.24) is 5.32 Å². The Labute approximate surface area is 78.9 Å². The summed E-state index contributed by atoms with van der Waals surface area (Å²) in [5, 5.41) is 2.43. The molecule has 1 aliphatic rings. The number of carbonyl (C=O) groups is 2. The third-order valence-electron chi connectivity index (χ3n) is 2.57. The summed E-state index contributed by atoms with van der Waals surface area (Å²) in [5.41, 5.74) is -0.389. The van der Waals surface area contributed by atoms with Crippen molar-refractivity contribution in [1.29, 1.82) is 0 Å². The van der Waals surface area contributed by atoms with E-state index in [1.807, 2.05) is 13.8 Å². The molecule has 1 rings (SSSR count). The molecule has 1 fully saturated rings. The van der Waals surface area contributed by atoms with Crippen molar-refractivity contribution in [2.24, 2.45) is 5.41 Å². The fourth-order valence-corrected chi connectivity index (χ4v) is 1.50. The molecule has 0 saturated carbocycles. The SMILES string of the molecule is CC1(C)CCCCCC(=O)NC1=O. The zero-order chi connectivity index (χ0) is 9.90. The summed E-state index contributed by atoms with van der Waals surface area (Å²) in [6.07, 6.45) is 4.33. The van der Waals surface area contributed by atoms with Crippen molar-refractivity contribution >= 4 is 11.8 Å². The van der Waals surface area contributed by atoms with Gasteiger partial charge in [0.2, 0.25) is 11.8 Å². The van der Waals surface area contributed by atoms with Crippen LogP contribution in [0.2, 0.25) is 0 Å². The Hall–Kier alpha value is -0.860. The molecule has 1 heterocycles. The molecule has 0 spiro atoms. The second kappa shape index (κ2) is 3.90. The topological polar surface area (TPSA) is 46.2 Å². The maximum atomic E-state index is 11.5. The van der Waals surface area contributed by atoms with Crippen molar-refractivity contribution in [3.8, 4) is 0 Å². The standard InChI is InChI=1S/C10H17NO2/c1-10(2)7-5-3-4-6-8(12)11-9(10)13/h3-7H2,1-2H3,(H,11,12,13). The fraction of sp³-hybridized carbons (Fsp3) is 0.800. The van der Waals surface area contributed by atoms with E-state index in [1.165, 1.54) is 0 Å². The smallest absolute Gasteiger partial charge is 0.232 e. The van der Waals surface area contributed by atoms with Gasteiger partial charge in [0, 0.05) is 11.8 Å². The number of amides is 2. The Morgan fingerprint density at radius 3 is 2.54 bits per heavy atom. The van der Waals surface area contributed by atoms with Crippen LogP contribution in [0.1, 0.15) is 46.0 Å². The Balaban J connectivity index is 2.68. The van der Waals surface area contributed by atoms with Crippen LogP contribution in [0, 0.1) is 5.41 Å². The molecule has 3 nitrogen and oxygen atoms in total. The molecule has 1 saturated heterocycles. The maximum Gasteiger partial charge on any atom is 0.232 e. The first-order valence-electron chi connectivity index (χ1n) is 4.87. The molecular formula is C10H17NO2. The highest BCUT2D eigenvalue weighted by Gasteiger charge is 2.29. The van der Waals surface area contributed by atoms with Crippen molar-refractivity contribution < 1.29 is 9.59 Å². The van der Waals surface area contributed by atoms with Crippen molar-refractivity contribution in [2.45, 2.75) is 46.0 Å². The van der Waals surface area contributed by atoms with Gasteiger partial charge in [-0.05, 0) is 12.8 Å². The molecule has 0 radical (unpaired) electrons. The van der Waals surface area contributed by atoms with E-state index >= 15 is 0 Å².